The molecule has 4 heteroatoms. The van der Waals surface area contributed by atoms with E-state index >= 15 is 0 Å². The van der Waals surface area contributed by atoms with Gasteiger partial charge in [0.2, 0.25) is 11.8 Å². The summed E-state index contributed by atoms with van der Waals surface area (Å²) in [6.45, 7) is 4.52. The lowest BCUT2D eigenvalue weighted by molar-refractivity contribution is -0.139. The molecule has 1 heterocycles. The number of amides is 2. The van der Waals surface area contributed by atoms with Crippen molar-refractivity contribution in [2.24, 2.45) is 11.8 Å². The van der Waals surface area contributed by atoms with E-state index in [1.54, 1.807) is 0 Å². The third-order valence-corrected chi connectivity index (χ3v) is 5.26. The normalized spacial score (nSPS) is 39.4. The van der Waals surface area contributed by atoms with Crippen molar-refractivity contribution in [2.75, 3.05) is 0 Å². The fraction of sp³-hybridized carbons (Fsp3) is 0.867. The molecule has 0 radical (unpaired) electrons. The van der Waals surface area contributed by atoms with Crippen molar-refractivity contribution in [3.63, 3.8) is 0 Å². The van der Waals surface area contributed by atoms with Crippen LogP contribution in [0.1, 0.15) is 52.4 Å². The summed E-state index contributed by atoms with van der Waals surface area (Å²) in [6.07, 6.45) is 5.97. The van der Waals surface area contributed by atoms with Crippen molar-refractivity contribution in [3.8, 4) is 0 Å². The second-order valence-electron chi connectivity index (χ2n) is 6.47. The molecule has 0 spiro atoms. The highest BCUT2D eigenvalue weighted by Crippen LogP contribution is 2.36. The Morgan fingerprint density at radius 3 is 2.53 bits per heavy atom. The summed E-state index contributed by atoms with van der Waals surface area (Å²) in [5.41, 5.74) is 0. The van der Waals surface area contributed by atoms with Crippen LogP contribution in [0.25, 0.3) is 0 Å². The molecule has 3 aliphatic rings. The van der Waals surface area contributed by atoms with Gasteiger partial charge in [-0.1, -0.05) is 20.3 Å². The van der Waals surface area contributed by atoms with Crippen LogP contribution in [-0.2, 0) is 9.59 Å². The molecule has 2 amide bonds. The Balaban J connectivity index is 1.62. The summed E-state index contributed by atoms with van der Waals surface area (Å²) in [6, 6.07) is 0.373. The zero-order valence-electron chi connectivity index (χ0n) is 11.9. The Bertz CT molecular complexity index is 392. The highest BCUT2D eigenvalue weighted by Gasteiger charge is 2.47. The molecule has 106 valence electrons. The van der Waals surface area contributed by atoms with E-state index in [1.165, 1.54) is 17.7 Å². The molecule has 0 aromatic heterocycles. The Kier molecular flexibility index (Phi) is 3.37. The standard InChI is InChI=1S/C15H24N2O2/c1-3-10-4-7-12(9(10)2)16-13-8-14(18)17(15(13)19)11-5-6-11/h9-13,16H,3-8H2,1-2H3. The van der Waals surface area contributed by atoms with E-state index in [1.807, 2.05) is 0 Å². The van der Waals surface area contributed by atoms with Crippen LogP contribution in [-0.4, -0.2) is 34.8 Å². The monoisotopic (exact) mass is 264 g/mol. The van der Waals surface area contributed by atoms with Crippen LogP contribution in [0.4, 0.5) is 0 Å². The predicted molar refractivity (Wildman–Crippen MR) is 72.4 cm³/mol. The van der Waals surface area contributed by atoms with Crippen molar-refractivity contribution >= 4 is 11.8 Å². The van der Waals surface area contributed by atoms with Gasteiger partial charge in [0.1, 0.15) is 0 Å². The van der Waals surface area contributed by atoms with Gasteiger partial charge in [0, 0.05) is 12.1 Å². The molecular weight excluding hydrogens is 240 g/mol. The van der Waals surface area contributed by atoms with E-state index in [9.17, 15) is 9.59 Å². The number of nitrogens with one attached hydrogen (secondary N) is 1. The lowest BCUT2D eigenvalue weighted by Gasteiger charge is -2.24. The summed E-state index contributed by atoms with van der Waals surface area (Å²) < 4.78 is 0. The van der Waals surface area contributed by atoms with Crippen LogP contribution in [0, 0.1) is 11.8 Å². The first kappa shape index (κ1) is 13.1. The molecule has 1 saturated heterocycles. The number of carbonyl (C=O) groups is 2. The maximum atomic E-state index is 12.3. The average Bonchev–Trinajstić information content (AvgIpc) is 3.09. The lowest BCUT2D eigenvalue weighted by atomic mass is 9.93. The number of hydrogen-bond donors (Lipinski definition) is 1. The minimum Gasteiger partial charge on any atom is -0.302 e. The fourth-order valence-corrected chi connectivity index (χ4v) is 3.81. The van der Waals surface area contributed by atoms with Gasteiger partial charge in [-0.05, 0) is 37.5 Å². The van der Waals surface area contributed by atoms with Gasteiger partial charge in [-0.15, -0.1) is 0 Å². The van der Waals surface area contributed by atoms with Crippen molar-refractivity contribution in [3.05, 3.63) is 0 Å². The van der Waals surface area contributed by atoms with Crippen LogP contribution >= 0.6 is 0 Å². The van der Waals surface area contributed by atoms with Crippen LogP contribution in [0.2, 0.25) is 0 Å². The minimum atomic E-state index is -0.254. The molecule has 4 nitrogen and oxygen atoms in total. The van der Waals surface area contributed by atoms with Crippen molar-refractivity contribution in [2.45, 2.75) is 70.5 Å². The van der Waals surface area contributed by atoms with E-state index in [0.717, 1.165) is 25.2 Å². The van der Waals surface area contributed by atoms with Crippen molar-refractivity contribution in [1.29, 1.82) is 0 Å². The molecule has 4 atom stereocenters. The Morgan fingerprint density at radius 1 is 1.21 bits per heavy atom. The largest absolute Gasteiger partial charge is 0.302 e. The van der Waals surface area contributed by atoms with Crippen LogP contribution in [0.3, 0.4) is 0 Å². The van der Waals surface area contributed by atoms with Gasteiger partial charge in [-0.2, -0.15) is 0 Å². The summed E-state index contributed by atoms with van der Waals surface area (Å²) >= 11 is 0. The highest BCUT2D eigenvalue weighted by atomic mass is 16.2. The molecule has 4 unspecified atom stereocenters. The molecule has 2 saturated carbocycles. The predicted octanol–water partition coefficient (Wildman–Crippen LogP) is 1.69. The van der Waals surface area contributed by atoms with Crippen LogP contribution in [0.5, 0.6) is 0 Å². The van der Waals surface area contributed by atoms with Crippen molar-refractivity contribution < 1.29 is 9.59 Å². The summed E-state index contributed by atoms with van der Waals surface area (Å²) in [4.78, 5) is 25.7. The second-order valence-corrected chi connectivity index (χ2v) is 6.47. The molecule has 2 aliphatic carbocycles. The molecule has 0 aromatic carbocycles. The molecule has 1 aliphatic heterocycles. The zero-order valence-corrected chi connectivity index (χ0v) is 11.9. The number of imide groups is 1. The maximum absolute atomic E-state index is 12.3. The van der Waals surface area contributed by atoms with E-state index in [-0.39, 0.29) is 23.9 Å². The number of nitrogens with zero attached hydrogens (tertiary/aromatic N) is 1. The molecule has 19 heavy (non-hydrogen) atoms. The first-order valence-electron chi connectivity index (χ1n) is 7.73. The smallest absolute Gasteiger partial charge is 0.247 e. The van der Waals surface area contributed by atoms with E-state index in [4.69, 9.17) is 0 Å². The topological polar surface area (TPSA) is 49.4 Å². The third kappa shape index (κ3) is 2.31. The summed E-state index contributed by atoms with van der Waals surface area (Å²) in [7, 11) is 0. The highest BCUT2D eigenvalue weighted by molar-refractivity contribution is 6.06. The van der Waals surface area contributed by atoms with Gasteiger partial charge >= 0.3 is 0 Å². The van der Waals surface area contributed by atoms with Gasteiger partial charge in [-0.3, -0.25) is 14.5 Å². The molecular formula is C15H24N2O2. The van der Waals surface area contributed by atoms with E-state index in [0.29, 0.717) is 18.4 Å². The quantitative estimate of drug-likeness (QED) is 0.786. The number of likely N-dealkylation sites (tertiary alicyclic amines) is 1. The summed E-state index contributed by atoms with van der Waals surface area (Å²) in [5, 5.41) is 3.47. The molecule has 1 N–H and O–H groups in total. The molecule has 0 aromatic rings. The molecule has 3 rings (SSSR count). The minimum absolute atomic E-state index is 0.0275. The first-order chi connectivity index (χ1) is 9.11. The van der Waals surface area contributed by atoms with Gasteiger partial charge in [0.25, 0.3) is 0 Å². The van der Waals surface area contributed by atoms with Gasteiger partial charge in [0.05, 0.1) is 12.5 Å². The van der Waals surface area contributed by atoms with Crippen LogP contribution < -0.4 is 5.32 Å². The fourth-order valence-electron chi connectivity index (χ4n) is 3.81. The van der Waals surface area contributed by atoms with Crippen LogP contribution in [0.15, 0.2) is 0 Å². The van der Waals surface area contributed by atoms with E-state index in [2.05, 4.69) is 19.2 Å². The molecule has 0 bridgehead atoms. The second kappa shape index (κ2) is 4.89. The lowest BCUT2D eigenvalue weighted by Crippen LogP contribution is -2.45. The van der Waals surface area contributed by atoms with Crippen molar-refractivity contribution in [1.82, 2.24) is 10.2 Å². The first-order valence-corrected chi connectivity index (χ1v) is 7.73. The maximum Gasteiger partial charge on any atom is 0.247 e. The van der Waals surface area contributed by atoms with E-state index < -0.39 is 0 Å². The van der Waals surface area contributed by atoms with Gasteiger partial charge in [0.15, 0.2) is 0 Å². The molecule has 3 fully saturated rings. The third-order valence-electron chi connectivity index (χ3n) is 5.26. The Morgan fingerprint density at radius 2 is 1.95 bits per heavy atom. The summed E-state index contributed by atoms with van der Waals surface area (Å²) in [5.74, 6) is 1.44. The average molecular weight is 264 g/mol. The SMILES string of the molecule is CCC1CCC(NC2CC(=O)N(C3CC3)C2=O)C1C. The number of rotatable bonds is 4. The van der Waals surface area contributed by atoms with Gasteiger partial charge in [-0.25, -0.2) is 0 Å². The Hall–Kier alpha value is -0.900. The number of carbonyl (C=O) groups excluding carboxylic acids is 2. The Labute approximate surface area is 114 Å². The van der Waals surface area contributed by atoms with Gasteiger partial charge < -0.3 is 5.32 Å². The number of hydrogen-bond acceptors (Lipinski definition) is 3. The zero-order chi connectivity index (χ0) is 13.6.